The lowest BCUT2D eigenvalue weighted by Gasteiger charge is -2.07. The SMILES string of the molecule is CCc1ccc2[nH]c(-c3ccccc3OC)c(C=O)c2c1. The molecule has 2 aromatic carbocycles. The van der Waals surface area contributed by atoms with Gasteiger partial charge in [-0.1, -0.05) is 25.1 Å². The number of ether oxygens (including phenoxy) is 1. The van der Waals surface area contributed by atoms with E-state index in [9.17, 15) is 4.79 Å². The van der Waals surface area contributed by atoms with Crippen molar-refractivity contribution in [3.8, 4) is 17.0 Å². The first kappa shape index (κ1) is 13.4. The topological polar surface area (TPSA) is 42.1 Å². The maximum absolute atomic E-state index is 11.6. The molecule has 0 aliphatic rings. The van der Waals surface area contributed by atoms with Crippen molar-refractivity contribution >= 4 is 17.2 Å². The number of nitrogens with one attached hydrogen (secondary N) is 1. The van der Waals surface area contributed by atoms with Crippen molar-refractivity contribution in [2.45, 2.75) is 13.3 Å². The largest absolute Gasteiger partial charge is 0.496 e. The first-order chi connectivity index (χ1) is 10.3. The average Bonchev–Trinajstić information content (AvgIpc) is 2.91. The summed E-state index contributed by atoms with van der Waals surface area (Å²) in [6, 6.07) is 13.9. The van der Waals surface area contributed by atoms with Gasteiger partial charge in [-0.3, -0.25) is 4.79 Å². The van der Waals surface area contributed by atoms with Gasteiger partial charge >= 0.3 is 0 Å². The molecule has 0 saturated heterocycles. The molecule has 0 atom stereocenters. The van der Waals surface area contributed by atoms with Crippen LogP contribution in [0, 0.1) is 0 Å². The Morgan fingerprint density at radius 2 is 2.00 bits per heavy atom. The standard InChI is InChI=1S/C18H17NO2/c1-3-12-8-9-16-14(10-12)15(11-20)18(19-16)13-6-4-5-7-17(13)21-2/h4-11,19H,3H2,1-2H3. The number of aromatic amines is 1. The molecule has 106 valence electrons. The molecular formula is C18H17NO2. The van der Waals surface area contributed by atoms with E-state index < -0.39 is 0 Å². The van der Waals surface area contributed by atoms with Crippen molar-refractivity contribution < 1.29 is 9.53 Å². The van der Waals surface area contributed by atoms with Gasteiger partial charge in [-0.05, 0) is 36.2 Å². The number of hydrogen-bond donors (Lipinski definition) is 1. The number of aromatic nitrogens is 1. The molecule has 3 heteroatoms. The van der Waals surface area contributed by atoms with E-state index in [1.54, 1.807) is 7.11 Å². The molecule has 1 aromatic heterocycles. The third-order valence-corrected chi connectivity index (χ3v) is 3.81. The molecule has 0 aliphatic carbocycles. The monoisotopic (exact) mass is 279 g/mol. The first-order valence-corrected chi connectivity index (χ1v) is 7.01. The molecule has 3 aromatic rings. The average molecular weight is 279 g/mol. The molecule has 0 fully saturated rings. The van der Waals surface area contributed by atoms with E-state index in [-0.39, 0.29) is 0 Å². The highest BCUT2D eigenvalue weighted by Crippen LogP contribution is 2.35. The third kappa shape index (κ3) is 2.21. The molecule has 3 rings (SSSR count). The lowest BCUT2D eigenvalue weighted by molar-refractivity contribution is 0.112. The Labute approximate surface area is 123 Å². The van der Waals surface area contributed by atoms with Crippen LogP contribution < -0.4 is 4.74 Å². The Morgan fingerprint density at radius 1 is 1.19 bits per heavy atom. The Balaban J connectivity index is 2.30. The summed E-state index contributed by atoms with van der Waals surface area (Å²) in [5, 5.41) is 0.963. The summed E-state index contributed by atoms with van der Waals surface area (Å²) in [5.74, 6) is 0.753. The van der Waals surface area contributed by atoms with Crippen LogP contribution in [-0.2, 0) is 6.42 Å². The maximum Gasteiger partial charge on any atom is 0.152 e. The minimum atomic E-state index is 0.685. The Morgan fingerprint density at radius 3 is 2.71 bits per heavy atom. The number of hydrogen-bond acceptors (Lipinski definition) is 2. The van der Waals surface area contributed by atoms with Crippen LogP contribution >= 0.6 is 0 Å². The zero-order valence-corrected chi connectivity index (χ0v) is 12.1. The number of rotatable bonds is 4. The lowest BCUT2D eigenvalue weighted by atomic mass is 10.0. The number of para-hydroxylation sites is 1. The van der Waals surface area contributed by atoms with Gasteiger partial charge in [0.15, 0.2) is 6.29 Å². The molecule has 1 heterocycles. The van der Waals surface area contributed by atoms with Gasteiger partial charge in [-0.25, -0.2) is 0 Å². The highest BCUT2D eigenvalue weighted by atomic mass is 16.5. The quantitative estimate of drug-likeness (QED) is 0.727. The van der Waals surface area contributed by atoms with Gasteiger partial charge in [0.05, 0.1) is 12.8 Å². The van der Waals surface area contributed by atoms with Gasteiger partial charge in [-0.15, -0.1) is 0 Å². The molecule has 0 spiro atoms. The van der Waals surface area contributed by atoms with Gasteiger partial charge in [0, 0.05) is 22.0 Å². The van der Waals surface area contributed by atoms with E-state index in [0.29, 0.717) is 5.56 Å². The molecule has 0 radical (unpaired) electrons. The number of benzene rings is 2. The minimum absolute atomic E-state index is 0.685. The van der Waals surface area contributed by atoms with Crippen molar-refractivity contribution in [2.75, 3.05) is 7.11 Å². The summed E-state index contributed by atoms with van der Waals surface area (Å²) >= 11 is 0. The van der Waals surface area contributed by atoms with E-state index >= 15 is 0 Å². The predicted octanol–water partition coefficient (Wildman–Crippen LogP) is 4.22. The fourth-order valence-electron chi connectivity index (χ4n) is 2.67. The van der Waals surface area contributed by atoms with E-state index in [4.69, 9.17) is 4.74 Å². The molecule has 0 aliphatic heterocycles. The van der Waals surface area contributed by atoms with Crippen LogP contribution in [0.3, 0.4) is 0 Å². The third-order valence-electron chi connectivity index (χ3n) is 3.81. The number of fused-ring (bicyclic) bond motifs is 1. The van der Waals surface area contributed by atoms with Crippen LogP contribution in [0.15, 0.2) is 42.5 Å². The van der Waals surface area contributed by atoms with Gasteiger partial charge in [0.1, 0.15) is 5.75 Å². The van der Waals surface area contributed by atoms with Crippen LogP contribution in [-0.4, -0.2) is 18.4 Å². The van der Waals surface area contributed by atoms with E-state index in [2.05, 4.69) is 24.0 Å². The molecule has 1 N–H and O–H groups in total. The zero-order valence-electron chi connectivity index (χ0n) is 12.1. The van der Waals surface area contributed by atoms with Gasteiger partial charge < -0.3 is 9.72 Å². The smallest absolute Gasteiger partial charge is 0.152 e. The second kappa shape index (κ2) is 5.44. The Hall–Kier alpha value is -2.55. The highest BCUT2D eigenvalue weighted by molar-refractivity contribution is 6.05. The summed E-state index contributed by atoms with van der Waals surface area (Å²) in [4.78, 5) is 15.0. The number of H-pyrrole nitrogens is 1. The summed E-state index contributed by atoms with van der Waals surface area (Å²) in [7, 11) is 1.64. The Bertz CT molecular complexity index is 802. The maximum atomic E-state index is 11.6. The molecule has 0 amide bonds. The number of aryl methyl sites for hydroxylation is 1. The lowest BCUT2D eigenvalue weighted by Crippen LogP contribution is -1.90. The van der Waals surface area contributed by atoms with E-state index in [1.165, 1.54) is 5.56 Å². The molecule has 0 bridgehead atoms. The summed E-state index contributed by atoms with van der Waals surface area (Å²) in [5.41, 5.74) is 4.58. The van der Waals surface area contributed by atoms with Gasteiger partial charge in [-0.2, -0.15) is 0 Å². The van der Waals surface area contributed by atoms with E-state index in [0.717, 1.165) is 40.6 Å². The van der Waals surface area contributed by atoms with Crippen molar-refractivity contribution in [3.05, 3.63) is 53.6 Å². The first-order valence-electron chi connectivity index (χ1n) is 7.01. The Kier molecular flexibility index (Phi) is 3.48. The summed E-state index contributed by atoms with van der Waals surface area (Å²) < 4.78 is 5.40. The van der Waals surface area contributed by atoms with Crippen LogP contribution in [0.1, 0.15) is 22.8 Å². The number of carbonyl (C=O) groups is 1. The van der Waals surface area contributed by atoms with Crippen LogP contribution in [0.4, 0.5) is 0 Å². The normalized spacial score (nSPS) is 10.8. The van der Waals surface area contributed by atoms with Crippen molar-refractivity contribution in [2.24, 2.45) is 0 Å². The molecule has 3 nitrogen and oxygen atoms in total. The van der Waals surface area contributed by atoms with Crippen LogP contribution in [0.5, 0.6) is 5.75 Å². The van der Waals surface area contributed by atoms with Crippen LogP contribution in [0.25, 0.3) is 22.2 Å². The number of carbonyl (C=O) groups excluding carboxylic acids is 1. The molecule has 21 heavy (non-hydrogen) atoms. The summed E-state index contributed by atoms with van der Waals surface area (Å²) in [6.07, 6.45) is 1.86. The number of methoxy groups -OCH3 is 1. The minimum Gasteiger partial charge on any atom is -0.496 e. The molecule has 0 unspecified atom stereocenters. The van der Waals surface area contributed by atoms with Crippen LogP contribution in [0.2, 0.25) is 0 Å². The van der Waals surface area contributed by atoms with Crippen molar-refractivity contribution in [3.63, 3.8) is 0 Å². The second-order valence-electron chi connectivity index (χ2n) is 4.97. The fourth-order valence-corrected chi connectivity index (χ4v) is 2.67. The molecule has 0 saturated carbocycles. The van der Waals surface area contributed by atoms with Crippen molar-refractivity contribution in [1.82, 2.24) is 4.98 Å². The zero-order chi connectivity index (χ0) is 14.8. The van der Waals surface area contributed by atoms with Gasteiger partial charge in [0.25, 0.3) is 0 Å². The fraction of sp³-hybridized carbons (Fsp3) is 0.167. The van der Waals surface area contributed by atoms with E-state index in [1.807, 2.05) is 30.3 Å². The molecular weight excluding hydrogens is 262 g/mol. The summed E-state index contributed by atoms with van der Waals surface area (Å²) in [6.45, 7) is 2.11. The van der Waals surface area contributed by atoms with Crippen molar-refractivity contribution in [1.29, 1.82) is 0 Å². The number of aldehydes is 1. The van der Waals surface area contributed by atoms with Gasteiger partial charge in [0.2, 0.25) is 0 Å². The second-order valence-corrected chi connectivity index (χ2v) is 4.97. The highest BCUT2D eigenvalue weighted by Gasteiger charge is 2.15. The predicted molar refractivity (Wildman–Crippen MR) is 85.1 cm³/mol.